The Kier molecular flexibility index (Phi) is 7.14. The van der Waals surface area contributed by atoms with E-state index in [4.69, 9.17) is 0 Å². The van der Waals surface area contributed by atoms with Gasteiger partial charge in [-0.25, -0.2) is 0 Å². The number of nitrogens with zero attached hydrogens (tertiary/aromatic N) is 3. The van der Waals surface area contributed by atoms with Crippen molar-refractivity contribution in [2.24, 2.45) is 0 Å². The van der Waals surface area contributed by atoms with E-state index in [2.05, 4.69) is 184 Å². The minimum absolute atomic E-state index is 0.113. The van der Waals surface area contributed by atoms with Crippen LogP contribution in [0.2, 0.25) is 0 Å². The van der Waals surface area contributed by atoms with Crippen LogP contribution in [-0.2, 0) is 10.8 Å². The van der Waals surface area contributed by atoms with Crippen LogP contribution >= 0.6 is 0 Å². The fourth-order valence-corrected chi connectivity index (χ4v) is 8.86. The van der Waals surface area contributed by atoms with Crippen molar-refractivity contribution < 1.29 is 9.14 Å². The van der Waals surface area contributed by atoms with Gasteiger partial charge in [-0.05, 0) is 84.5 Å². The van der Waals surface area contributed by atoms with E-state index in [1.807, 2.05) is 0 Å². The van der Waals surface area contributed by atoms with Crippen LogP contribution in [0, 0.1) is 0 Å². The van der Waals surface area contributed by atoms with Crippen molar-refractivity contribution in [3.63, 3.8) is 0 Å². The Balaban J connectivity index is 1.22. The maximum atomic E-state index is 2.41. The third kappa shape index (κ3) is 4.63. The molecule has 238 valence electrons. The number of aromatic nitrogens is 1. The summed E-state index contributed by atoms with van der Waals surface area (Å²) in [6.45, 7) is 9.51. The van der Waals surface area contributed by atoms with E-state index in [0.717, 1.165) is 19.3 Å². The molecule has 3 heterocycles. The van der Waals surface area contributed by atoms with Crippen molar-refractivity contribution in [3.05, 3.63) is 156 Å². The average molecular weight is 628 g/mol. The van der Waals surface area contributed by atoms with Crippen LogP contribution in [-0.4, -0.2) is 24.4 Å². The fraction of sp³-hybridized carbons (Fsp3) is 0.244. The van der Waals surface area contributed by atoms with Crippen LogP contribution in [0.3, 0.4) is 0 Å². The Bertz CT molecular complexity index is 2270. The van der Waals surface area contributed by atoms with E-state index < -0.39 is 0 Å². The van der Waals surface area contributed by atoms with Crippen LogP contribution in [0.4, 0.5) is 11.4 Å². The molecule has 4 aromatic carbocycles. The first-order valence-electron chi connectivity index (χ1n) is 17.4. The molecule has 2 aliphatic heterocycles. The molecule has 48 heavy (non-hydrogen) atoms. The summed E-state index contributed by atoms with van der Waals surface area (Å²) in [7, 11) is 4.45. The Morgan fingerprint density at radius 1 is 0.667 bits per heavy atom. The molecule has 0 saturated carbocycles. The van der Waals surface area contributed by atoms with Crippen molar-refractivity contribution in [2.75, 3.05) is 19.0 Å². The number of allylic oxidation sites excluding steroid dienone is 8. The predicted molar refractivity (Wildman–Crippen MR) is 202 cm³/mol. The number of hydrogen-bond donors (Lipinski definition) is 0. The molecule has 0 radical (unpaired) electrons. The SMILES string of the molecule is CN1C(=CC=C2CCCC(C=CC3=[N+](C)c4ccc5ccccc5c4C3(C)C)=C2[n+]2ccccc2)C(C)(C)c2c1ccc1ccccc21. The van der Waals surface area contributed by atoms with E-state index in [-0.39, 0.29) is 10.8 Å². The molecule has 0 amide bonds. The van der Waals surface area contributed by atoms with Gasteiger partial charge in [-0.1, -0.05) is 80.6 Å². The second kappa shape index (κ2) is 11.3. The number of rotatable bonds is 4. The van der Waals surface area contributed by atoms with Gasteiger partial charge in [0.1, 0.15) is 7.05 Å². The standard InChI is InChI=1S/C45H45N3/c1-44(2)39(46(5)37-25-21-31-15-8-10-19-35(31)41(37)44)27-23-33-17-14-18-34(43(33)48-29-12-7-13-30-48)24-28-40-45(3,4)42-36-20-11-9-16-32(36)22-26-38(42)47(40)6/h7-13,15-16,19-30H,14,17-18H2,1-6H3/q+2. The van der Waals surface area contributed by atoms with Crippen LogP contribution in [0.25, 0.3) is 27.2 Å². The van der Waals surface area contributed by atoms with E-state index in [1.165, 1.54) is 72.3 Å². The molecule has 0 N–H and O–H groups in total. The highest BCUT2D eigenvalue weighted by atomic mass is 15.2. The first-order chi connectivity index (χ1) is 23.2. The molecule has 5 aromatic rings. The second-order valence-electron chi connectivity index (χ2n) is 14.7. The van der Waals surface area contributed by atoms with Gasteiger partial charge >= 0.3 is 0 Å². The second-order valence-corrected chi connectivity index (χ2v) is 14.7. The highest BCUT2D eigenvalue weighted by molar-refractivity contribution is 6.07. The van der Waals surface area contributed by atoms with Crippen LogP contribution < -0.4 is 9.47 Å². The molecule has 0 bridgehead atoms. The molecular weight excluding hydrogens is 583 g/mol. The first kappa shape index (κ1) is 30.3. The van der Waals surface area contributed by atoms with Gasteiger partial charge in [-0.2, -0.15) is 9.14 Å². The lowest BCUT2D eigenvalue weighted by atomic mass is 9.78. The molecule has 3 aliphatic rings. The van der Waals surface area contributed by atoms with Gasteiger partial charge in [0.2, 0.25) is 11.4 Å². The molecule has 0 atom stereocenters. The summed E-state index contributed by atoms with van der Waals surface area (Å²) < 4.78 is 4.73. The maximum Gasteiger partial charge on any atom is 0.216 e. The van der Waals surface area contributed by atoms with E-state index in [0.29, 0.717) is 0 Å². The van der Waals surface area contributed by atoms with Crippen LogP contribution in [0.1, 0.15) is 58.1 Å². The monoisotopic (exact) mass is 627 g/mol. The first-order valence-corrected chi connectivity index (χ1v) is 17.4. The number of hydrogen-bond acceptors (Lipinski definition) is 1. The maximum absolute atomic E-state index is 2.41. The van der Waals surface area contributed by atoms with Crippen molar-refractivity contribution in [3.8, 4) is 0 Å². The number of benzene rings is 4. The minimum Gasteiger partial charge on any atom is -0.347 e. The molecule has 3 heteroatoms. The molecule has 8 rings (SSSR count). The van der Waals surface area contributed by atoms with Crippen molar-refractivity contribution in [1.82, 2.24) is 0 Å². The molecule has 0 saturated heterocycles. The van der Waals surface area contributed by atoms with E-state index >= 15 is 0 Å². The molecule has 0 unspecified atom stereocenters. The minimum atomic E-state index is -0.113. The summed E-state index contributed by atoms with van der Waals surface area (Å²) in [4.78, 5) is 2.40. The Labute approximate surface area is 285 Å². The van der Waals surface area contributed by atoms with Crippen molar-refractivity contribution in [2.45, 2.75) is 57.8 Å². The zero-order chi connectivity index (χ0) is 33.2. The lowest BCUT2D eigenvalue weighted by molar-refractivity contribution is -0.580. The molecule has 0 spiro atoms. The number of fused-ring (bicyclic) bond motifs is 6. The predicted octanol–water partition coefficient (Wildman–Crippen LogP) is 10.2. The van der Waals surface area contributed by atoms with Gasteiger partial charge < -0.3 is 4.90 Å². The molecule has 1 aromatic heterocycles. The summed E-state index contributed by atoms with van der Waals surface area (Å²) in [5.74, 6) is 0. The highest BCUT2D eigenvalue weighted by Gasteiger charge is 2.44. The normalized spacial score (nSPS) is 20.2. The quantitative estimate of drug-likeness (QED) is 0.180. The van der Waals surface area contributed by atoms with Gasteiger partial charge in [0.15, 0.2) is 18.1 Å². The summed E-state index contributed by atoms with van der Waals surface area (Å²) in [6.07, 6.45) is 17.2. The lowest BCUT2D eigenvalue weighted by Gasteiger charge is -2.24. The van der Waals surface area contributed by atoms with Crippen LogP contribution in [0.5, 0.6) is 0 Å². The number of anilines is 1. The van der Waals surface area contributed by atoms with E-state index in [9.17, 15) is 0 Å². The average Bonchev–Trinajstić information content (AvgIpc) is 3.43. The summed E-state index contributed by atoms with van der Waals surface area (Å²) >= 11 is 0. The molecule has 0 fully saturated rings. The van der Waals surface area contributed by atoms with Gasteiger partial charge in [0.05, 0.1) is 5.41 Å². The van der Waals surface area contributed by atoms with Gasteiger partial charge in [0.25, 0.3) is 0 Å². The topological polar surface area (TPSA) is 10.1 Å². The number of likely N-dealkylation sites (N-methyl/N-ethyl adjacent to an activating group) is 1. The third-order valence-electron chi connectivity index (χ3n) is 11.1. The third-order valence-corrected chi connectivity index (χ3v) is 11.1. The van der Waals surface area contributed by atoms with Gasteiger partial charge in [0, 0.05) is 64.8 Å². The zero-order valence-corrected chi connectivity index (χ0v) is 29.1. The fourth-order valence-electron chi connectivity index (χ4n) is 8.86. The summed E-state index contributed by atoms with van der Waals surface area (Å²) in [5, 5.41) is 5.30. The number of pyridine rings is 1. The Morgan fingerprint density at radius 3 is 2.06 bits per heavy atom. The molecular formula is C45H45N3+2. The van der Waals surface area contributed by atoms with Gasteiger partial charge in [-0.15, -0.1) is 0 Å². The van der Waals surface area contributed by atoms with Gasteiger partial charge in [-0.3, -0.25) is 0 Å². The lowest BCUT2D eigenvalue weighted by Crippen LogP contribution is -2.34. The van der Waals surface area contributed by atoms with Crippen LogP contribution in [0.15, 0.2) is 145 Å². The Morgan fingerprint density at radius 2 is 1.33 bits per heavy atom. The summed E-state index contributed by atoms with van der Waals surface area (Å²) in [6, 6.07) is 33.1. The Hall–Kier alpha value is -5.02. The molecule has 1 aliphatic carbocycles. The zero-order valence-electron chi connectivity index (χ0n) is 29.1. The van der Waals surface area contributed by atoms with Crippen molar-refractivity contribution >= 4 is 44.3 Å². The largest absolute Gasteiger partial charge is 0.347 e. The smallest absolute Gasteiger partial charge is 0.216 e. The molecule has 3 nitrogen and oxygen atoms in total. The van der Waals surface area contributed by atoms with Crippen molar-refractivity contribution in [1.29, 1.82) is 0 Å². The summed E-state index contributed by atoms with van der Waals surface area (Å²) in [5.41, 5.74) is 11.9. The highest BCUT2D eigenvalue weighted by Crippen LogP contribution is 2.50. The van der Waals surface area contributed by atoms with E-state index in [1.54, 1.807) is 0 Å².